The van der Waals surface area contributed by atoms with Gasteiger partial charge in [0, 0.05) is 19.7 Å². The third-order valence-electron chi connectivity index (χ3n) is 2.98. The van der Waals surface area contributed by atoms with Crippen molar-refractivity contribution in [3.05, 3.63) is 33.3 Å². The highest BCUT2D eigenvalue weighted by Crippen LogP contribution is 2.28. The Bertz CT molecular complexity index is 586. The van der Waals surface area contributed by atoms with Crippen molar-refractivity contribution in [2.24, 2.45) is 0 Å². The number of hydrogen-bond acceptors (Lipinski definition) is 5. The summed E-state index contributed by atoms with van der Waals surface area (Å²) in [7, 11) is 1.67. The molecule has 0 saturated heterocycles. The van der Waals surface area contributed by atoms with E-state index in [1.165, 1.54) is 23.1 Å². The summed E-state index contributed by atoms with van der Waals surface area (Å²) in [6.45, 7) is 6.32. The normalized spacial score (nSPS) is 11.0. The molecule has 0 aromatic heterocycles. The molecule has 0 bridgehead atoms. The van der Waals surface area contributed by atoms with E-state index >= 15 is 0 Å². The Balaban J connectivity index is 2.35. The summed E-state index contributed by atoms with van der Waals surface area (Å²) in [5, 5.41) is 11.1. The second-order valence-electron chi connectivity index (χ2n) is 6.33. The van der Waals surface area contributed by atoms with E-state index in [1.54, 1.807) is 7.05 Å². The van der Waals surface area contributed by atoms with Crippen LogP contribution >= 0.6 is 11.6 Å². The van der Waals surface area contributed by atoms with E-state index in [0.717, 1.165) is 0 Å². The van der Waals surface area contributed by atoms with Crippen molar-refractivity contribution >= 4 is 23.4 Å². The summed E-state index contributed by atoms with van der Waals surface area (Å²) in [6.07, 6.45) is 1.01. The van der Waals surface area contributed by atoms with Crippen LogP contribution in [-0.4, -0.2) is 41.7 Å². The van der Waals surface area contributed by atoms with Crippen molar-refractivity contribution in [2.45, 2.75) is 39.2 Å². The lowest BCUT2D eigenvalue weighted by molar-refractivity contribution is -0.384. The molecule has 0 aliphatic rings. The van der Waals surface area contributed by atoms with Crippen molar-refractivity contribution in [1.82, 2.24) is 4.90 Å². The zero-order valence-corrected chi connectivity index (χ0v) is 15.1. The minimum absolute atomic E-state index is 0.0703. The summed E-state index contributed by atoms with van der Waals surface area (Å²) in [5.74, 6) is 0.284. The minimum Gasteiger partial charge on any atom is -0.492 e. The number of nitro benzene ring substituents is 1. The number of non-ortho nitro benzene ring substituents is 1. The Morgan fingerprint density at radius 3 is 2.58 bits per heavy atom. The average Bonchev–Trinajstić information content (AvgIpc) is 2.46. The van der Waals surface area contributed by atoms with Crippen LogP contribution in [0.15, 0.2) is 18.2 Å². The quantitative estimate of drug-likeness (QED) is 0.413. The smallest absolute Gasteiger partial charge is 0.410 e. The molecule has 0 heterocycles. The summed E-state index contributed by atoms with van der Waals surface area (Å²) in [4.78, 5) is 23.5. The number of benzene rings is 1. The van der Waals surface area contributed by atoms with Gasteiger partial charge in [0.25, 0.3) is 5.69 Å². The Morgan fingerprint density at radius 1 is 1.33 bits per heavy atom. The highest BCUT2D eigenvalue weighted by atomic mass is 35.5. The van der Waals surface area contributed by atoms with E-state index in [1.807, 2.05) is 20.8 Å². The monoisotopic (exact) mass is 358 g/mol. The van der Waals surface area contributed by atoms with Gasteiger partial charge in [-0.25, -0.2) is 4.79 Å². The highest BCUT2D eigenvalue weighted by Gasteiger charge is 2.19. The number of amides is 1. The number of carbonyl (C=O) groups is 1. The van der Waals surface area contributed by atoms with Gasteiger partial charge in [0.15, 0.2) is 0 Å². The number of ether oxygens (including phenoxy) is 2. The Morgan fingerprint density at radius 2 is 2.00 bits per heavy atom. The fourth-order valence-corrected chi connectivity index (χ4v) is 1.95. The first-order chi connectivity index (χ1) is 11.1. The van der Waals surface area contributed by atoms with Crippen LogP contribution in [0.2, 0.25) is 5.02 Å². The number of nitrogens with zero attached hydrogens (tertiary/aromatic N) is 2. The van der Waals surface area contributed by atoms with Crippen LogP contribution in [0.5, 0.6) is 5.75 Å². The SMILES string of the molecule is CN(CCCCOc1cc([N+](=O)[O-])ccc1Cl)C(=O)OC(C)(C)C. The predicted octanol–water partition coefficient (Wildman–Crippen LogP) is 4.27. The molecule has 8 heteroatoms. The van der Waals surface area contributed by atoms with Crippen LogP contribution in [0.1, 0.15) is 33.6 Å². The van der Waals surface area contributed by atoms with E-state index in [2.05, 4.69) is 0 Å². The van der Waals surface area contributed by atoms with Crippen LogP contribution in [0.3, 0.4) is 0 Å². The predicted molar refractivity (Wildman–Crippen MR) is 91.7 cm³/mol. The van der Waals surface area contributed by atoms with Crippen molar-refractivity contribution in [3.8, 4) is 5.75 Å². The molecule has 0 N–H and O–H groups in total. The molecule has 1 aromatic rings. The maximum atomic E-state index is 11.8. The van der Waals surface area contributed by atoms with E-state index in [4.69, 9.17) is 21.1 Å². The van der Waals surface area contributed by atoms with Gasteiger partial charge in [-0.3, -0.25) is 10.1 Å². The van der Waals surface area contributed by atoms with Gasteiger partial charge < -0.3 is 14.4 Å². The molecule has 1 amide bonds. The molecule has 0 unspecified atom stereocenters. The summed E-state index contributed by atoms with van der Waals surface area (Å²) in [5.41, 5.74) is -0.591. The third kappa shape index (κ3) is 7.04. The summed E-state index contributed by atoms with van der Waals surface area (Å²) < 4.78 is 10.7. The number of nitro groups is 1. The largest absolute Gasteiger partial charge is 0.492 e. The first-order valence-corrected chi connectivity index (χ1v) is 7.99. The first-order valence-electron chi connectivity index (χ1n) is 7.61. The molecule has 0 aliphatic carbocycles. The molecule has 0 fully saturated rings. The second kappa shape index (κ2) is 8.73. The summed E-state index contributed by atoms with van der Waals surface area (Å²) in [6, 6.07) is 4.06. The topological polar surface area (TPSA) is 81.9 Å². The fourth-order valence-electron chi connectivity index (χ4n) is 1.78. The molecule has 1 aromatic carbocycles. The van der Waals surface area contributed by atoms with Crippen LogP contribution < -0.4 is 4.74 Å². The van der Waals surface area contributed by atoms with E-state index in [-0.39, 0.29) is 17.5 Å². The third-order valence-corrected chi connectivity index (χ3v) is 3.29. The molecular formula is C16H23ClN2O5. The second-order valence-corrected chi connectivity index (χ2v) is 6.74. The molecule has 24 heavy (non-hydrogen) atoms. The number of unbranched alkanes of at least 4 members (excludes halogenated alkanes) is 1. The Kier molecular flexibility index (Phi) is 7.28. The Hall–Kier alpha value is -2.02. The van der Waals surface area contributed by atoms with Crippen molar-refractivity contribution in [3.63, 3.8) is 0 Å². The van der Waals surface area contributed by atoms with Crippen LogP contribution in [-0.2, 0) is 4.74 Å². The summed E-state index contributed by atoms with van der Waals surface area (Å²) >= 11 is 5.95. The van der Waals surface area contributed by atoms with Crippen LogP contribution in [0.25, 0.3) is 0 Å². The highest BCUT2D eigenvalue weighted by molar-refractivity contribution is 6.32. The van der Waals surface area contributed by atoms with Crippen molar-refractivity contribution in [2.75, 3.05) is 20.2 Å². The molecular weight excluding hydrogens is 336 g/mol. The lowest BCUT2D eigenvalue weighted by Crippen LogP contribution is -2.34. The van der Waals surface area contributed by atoms with Gasteiger partial charge in [0.1, 0.15) is 11.4 Å². The van der Waals surface area contributed by atoms with Gasteiger partial charge in [0.05, 0.1) is 22.6 Å². The van der Waals surface area contributed by atoms with Gasteiger partial charge in [-0.2, -0.15) is 0 Å². The molecule has 0 atom stereocenters. The zero-order chi connectivity index (χ0) is 18.3. The molecule has 0 aliphatic heterocycles. The number of rotatable bonds is 7. The fraction of sp³-hybridized carbons (Fsp3) is 0.562. The maximum absolute atomic E-state index is 11.8. The van der Waals surface area contributed by atoms with Crippen molar-refractivity contribution in [1.29, 1.82) is 0 Å². The number of carbonyl (C=O) groups excluding carboxylic acids is 1. The van der Waals surface area contributed by atoms with E-state index in [9.17, 15) is 14.9 Å². The zero-order valence-electron chi connectivity index (χ0n) is 14.4. The van der Waals surface area contributed by atoms with Gasteiger partial charge in [0.2, 0.25) is 0 Å². The Labute approximate surface area is 146 Å². The van der Waals surface area contributed by atoms with Crippen LogP contribution in [0, 0.1) is 10.1 Å². The van der Waals surface area contributed by atoms with E-state index < -0.39 is 10.5 Å². The molecule has 1 rings (SSSR count). The molecule has 7 nitrogen and oxygen atoms in total. The van der Waals surface area contributed by atoms with Gasteiger partial charge in [-0.05, 0) is 39.7 Å². The molecule has 0 radical (unpaired) electrons. The lowest BCUT2D eigenvalue weighted by atomic mass is 10.2. The lowest BCUT2D eigenvalue weighted by Gasteiger charge is -2.24. The minimum atomic E-state index is -0.521. The molecule has 0 spiro atoms. The van der Waals surface area contributed by atoms with Crippen molar-refractivity contribution < 1.29 is 19.2 Å². The average molecular weight is 359 g/mol. The molecule has 0 saturated carbocycles. The van der Waals surface area contributed by atoms with Crippen LogP contribution in [0.4, 0.5) is 10.5 Å². The van der Waals surface area contributed by atoms with Gasteiger partial charge >= 0.3 is 6.09 Å². The van der Waals surface area contributed by atoms with Gasteiger partial charge in [-0.15, -0.1) is 0 Å². The number of hydrogen-bond donors (Lipinski definition) is 0. The van der Waals surface area contributed by atoms with E-state index in [0.29, 0.717) is 31.0 Å². The maximum Gasteiger partial charge on any atom is 0.410 e. The first kappa shape index (κ1) is 20.0. The standard InChI is InChI=1S/C16H23ClN2O5/c1-16(2,3)24-15(20)18(4)9-5-6-10-23-14-11-12(19(21)22)7-8-13(14)17/h7-8,11H,5-6,9-10H2,1-4H3. The number of halogens is 1. The molecule has 134 valence electrons. The van der Waals surface area contributed by atoms with Gasteiger partial charge in [-0.1, -0.05) is 11.6 Å².